The number of para-hydroxylation sites is 1. The number of nitrogens with zero attached hydrogens (tertiary/aromatic N) is 3. The standard InChI is InChI=1S/C18H20N4O3/c1-2-3-9-25-18(24)12-7-8-14-15(10-12)21-22(20-14)16-6-4-5-13(11-19)17(16)23/h4-8,10,23H,2-3,9,11,19H2,1H3. The van der Waals surface area contributed by atoms with Crippen LogP contribution in [0.1, 0.15) is 35.7 Å². The molecule has 3 aromatic rings. The third-order valence-corrected chi connectivity index (χ3v) is 3.88. The zero-order valence-electron chi connectivity index (χ0n) is 14.0. The average molecular weight is 340 g/mol. The van der Waals surface area contributed by atoms with E-state index in [-0.39, 0.29) is 18.3 Å². The van der Waals surface area contributed by atoms with E-state index < -0.39 is 0 Å². The number of carbonyl (C=O) groups is 1. The van der Waals surface area contributed by atoms with E-state index in [9.17, 15) is 9.90 Å². The van der Waals surface area contributed by atoms with Crippen LogP contribution in [0.5, 0.6) is 5.75 Å². The zero-order chi connectivity index (χ0) is 17.8. The third kappa shape index (κ3) is 3.46. The molecule has 0 amide bonds. The van der Waals surface area contributed by atoms with Gasteiger partial charge in [0.2, 0.25) is 0 Å². The molecule has 7 nitrogen and oxygen atoms in total. The summed E-state index contributed by atoms with van der Waals surface area (Å²) in [5.41, 5.74) is 8.24. The van der Waals surface area contributed by atoms with Gasteiger partial charge in [0, 0.05) is 12.1 Å². The Hall–Kier alpha value is -2.93. The van der Waals surface area contributed by atoms with E-state index in [4.69, 9.17) is 10.5 Å². The van der Waals surface area contributed by atoms with Crippen molar-refractivity contribution in [3.8, 4) is 11.4 Å². The van der Waals surface area contributed by atoms with Crippen molar-refractivity contribution in [2.75, 3.05) is 6.61 Å². The second-order valence-electron chi connectivity index (χ2n) is 5.67. The second kappa shape index (κ2) is 7.31. The van der Waals surface area contributed by atoms with E-state index in [0.717, 1.165) is 12.8 Å². The molecule has 0 unspecified atom stereocenters. The maximum atomic E-state index is 12.0. The molecule has 1 heterocycles. The summed E-state index contributed by atoms with van der Waals surface area (Å²) in [7, 11) is 0. The van der Waals surface area contributed by atoms with E-state index in [1.165, 1.54) is 4.80 Å². The van der Waals surface area contributed by atoms with Gasteiger partial charge in [0.1, 0.15) is 22.5 Å². The molecule has 0 atom stereocenters. The maximum absolute atomic E-state index is 12.0. The van der Waals surface area contributed by atoms with Crippen molar-refractivity contribution >= 4 is 17.0 Å². The second-order valence-corrected chi connectivity index (χ2v) is 5.67. The lowest BCUT2D eigenvalue weighted by molar-refractivity contribution is 0.0500. The molecule has 0 fully saturated rings. The van der Waals surface area contributed by atoms with E-state index in [0.29, 0.717) is 34.5 Å². The van der Waals surface area contributed by atoms with Crippen molar-refractivity contribution in [3.05, 3.63) is 47.5 Å². The molecule has 0 aliphatic carbocycles. The zero-order valence-corrected chi connectivity index (χ0v) is 14.0. The number of esters is 1. The number of benzene rings is 2. The lowest BCUT2D eigenvalue weighted by Crippen LogP contribution is -2.06. The van der Waals surface area contributed by atoms with Crippen LogP contribution in [-0.4, -0.2) is 32.7 Å². The molecule has 0 saturated heterocycles. The number of hydrogen-bond donors (Lipinski definition) is 2. The first-order valence-corrected chi connectivity index (χ1v) is 8.19. The van der Waals surface area contributed by atoms with E-state index in [1.807, 2.05) is 6.92 Å². The fraction of sp³-hybridized carbons (Fsp3) is 0.278. The Morgan fingerprint density at radius 1 is 1.24 bits per heavy atom. The van der Waals surface area contributed by atoms with Crippen molar-refractivity contribution in [2.45, 2.75) is 26.3 Å². The number of unbranched alkanes of at least 4 members (excludes halogenated alkanes) is 1. The Morgan fingerprint density at radius 2 is 2.04 bits per heavy atom. The van der Waals surface area contributed by atoms with Crippen molar-refractivity contribution in [1.82, 2.24) is 15.0 Å². The summed E-state index contributed by atoms with van der Waals surface area (Å²) in [5, 5.41) is 19.0. The molecule has 0 spiro atoms. The van der Waals surface area contributed by atoms with Gasteiger partial charge in [0.15, 0.2) is 0 Å². The molecule has 0 saturated carbocycles. The summed E-state index contributed by atoms with van der Waals surface area (Å²) < 4.78 is 5.21. The lowest BCUT2D eigenvalue weighted by Gasteiger charge is -2.06. The summed E-state index contributed by atoms with van der Waals surface area (Å²) in [5.74, 6) is -0.331. The van der Waals surface area contributed by atoms with Gasteiger partial charge in [-0.1, -0.05) is 25.5 Å². The van der Waals surface area contributed by atoms with Crippen LogP contribution < -0.4 is 5.73 Å². The summed E-state index contributed by atoms with van der Waals surface area (Å²) in [6.07, 6.45) is 1.80. The summed E-state index contributed by atoms with van der Waals surface area (Å²) in [4.78, 5) is 13.4. The highest BCUT2D eigenvalue weighted by molar-refractivity contribution is 5.93. The van der Waals surface area contributed by atoms with Gasteiger partial charge >= 0.3 is 5.97 Å². The topological polar surface area (TPSA) is 103 Å². The van der Waals surface area contributed by atoms with Crippen LogP contribution in [0.15, 0.2) is 36.4 Å². The monoisotopic (exact) mass is 340 g/mol. The number of hydrogen-bond acceptors (Lipinski definition) is 6. The predicted molar refractivity (Wildman–Crippen MR) is 93.6 cm³/mol. The first-order chi connectivity index (χ1) is 12.1. The van der Waals surface area contributed by atoms with Gasteiger partial charge in [-0.25, -0.2) is 4.79 Å². The number of aromatic hydroxyl groups is 1. The van der Waals surface area contributed by atoms with Gasteiger partial charge < -0.3 is 15.6 Å². The fourth-order valence-corrected chi connectivity index (χ4v) is 2.45. The van der Waals surface area contributed by atoms with E-state index in [2.05, 4.69) is 10.2 Å². The first-order valence-electron chi connectivity index (χ1n) is 8.19. The molecular formula is C18H20N4O3. The van der Waals surface area contributed by atoms with Crippen LogP contribution in [-0.2, 0) is 11.3 Å². The number of phenolic OH excluding ortho intramolecular Hbond substituents is 1. The lowest BCUT2D eigenvalue weighted by atomic mass is 10.2. The average Bonchev–Trinajstić information content (AvgIpc) is 3.05. The van der Waals surface area contributed by atoms with Crippen LogP contribution in [0.3, 0.4) is 0 Å². The number of ether oxygens (including phenoxy) is 1. The van der Waals surface area contributed by atoms with Gasteiger partial charge in [-0.15, -0.1) is 15.0 Å². The number of aromatic nitrogens is 3. The molecule has 0 bridgehead atoms. The normalized spacial score (nSPS) is 11.0. The van der Waals surface area contributed by atoms with E-state index >= 15 is 0 Å². The van der Waals surface area contributed by atoms with Crippen LogP contribution in [0.2, 0.25) is 0 Å². The summed E-state index contributed by atoms with van der Waals surface area (Å²) >= 11 is 0. The predicted octanol–water partition coefficient (Wildman–Crippen LogP) is 2.54. The third-order valence-electron chi connectivity index (χ3n) is 3.88. The van der Waals surface area contributed by atoms with Gasteiger partial charge in [0.25, 0.3) is 0 Å². The molecule has 0 aliphatic rings. The molecule has 130 valence electrons. The van der Waals surface area contributed by atoms with Gasteiger partial charge in [-0.05, 0) is 30.7 Å². The van der Waals surface area contributed by atoms with Crippen LogP contribution >= 0.6 is 0 Å². The van der Waals surface area contributed by atoms with Crippen molar-refractivity contribution in [3.63, 3.8) is 0 Å². The number of nitrogens with two attached hydrogens (primary N) is 1. The largest absolute Gasteiger partial charge is 0.505 e. The van der Waals surface area contributed by atoms with Crippen LogP contribution in [0.4, 0.5) is 0 Å². The minimum atomic E-state index is -0.377. The number of fused-ring (bicyclic) bond motifs is 1. The molecule has 1 aromatic heterocycles. The van der Waals surface area contributed by atoms with Crippen LogP contribution in [0.25, 0.3) is 16.7 Å². The number of rotatable bonds is 6. The minimum absolute atomic E-state index is 0.0458. The molecular weight excluding hydrogens is 320 g/mol. The van der Waals surface area contributed by atoms with Gasteiger partial charge in [0.05, 0.1) is 12.2 Å². The van der Waals surface area contributed by atoms with E-state index in [1.54, 1.807) is 36.4 Å². The van der Waals surface area contributed by atoms with Crippen molar-refractivity contribution in [1.29, 1.82) is 0 Å². The minimum Gasteiger partial charge on any atom is -0.505 e. The Kier molecular flexibility index (Phi) is 4.95. The highest BCUT2D eigenvalue weighted by atomic mass is 16.5. The first kappa shape index (κ1) is 16.9. The summed E-state index contributed by atoms with van der Waals surface area (Å²) in [6.45, 7) is 2.65. The number of phenols is 1. The van der Waals surface area contributed by atoms with Gasteiger partial charge in [-0.3, -0.25) is 0 Å². The van der Waals surface area contributed by atoms with Crippen LogP contribution in [0, 0.1) is 0 Å². The Bertz CT molecular complexity index is 904. The summed E-state index contributed by atoms with van der Waals surface area (Å²) in [6, 6.07) is 10.2. The van der Waals surface area contributed by atoms with Crippen molar-refractivity contribution in [2.24, 2.45) is 5.73 Å². The highest BCUT2D eigenvalue weighted by Gasteiger charge is 2.14. The Morgan fingerprint density at radius 3 is 2.80 bits per heavy atom. The molecule has 0 aliphatic heterocycles. The number of carbonyl (C=O) groups excluding carboxylic acids is 1. The van der Waals surface area contributed by atoms with Gasteiger partial charge in [-0.2, -0.15) is 0 Å². The Balaban J connectivity index is 1.92. The molecule has 0 radical (unpaired) electrons. The van der Waals surface area contributed by atoms with Crippen molar-refractivity contribution < 1.29 is 14.6 Å². The quantitative estimate of drug-likeness (QED) is 0.528. The molecule has 3 N–H and O–H groups in total. The smallest absolute Gasteiger partial charge is 0.338 e. The maximum Gasteiger partial charge on any atom is 0.338 e. The highest BCUT2D eigenvalue weighted by Crippen LogP contribution is 2.25. The Labute approximate surface area is 145 Å². The fourth-order valence-electron chi connectivity index (χ4n) is 2.45. The SMILES string of the molecule is CCCCOC(=O)c1ccc2nn(-c3cccc(CN)c3O)nc2c1. The molecule has 25 heavy (non-hydrogen) atoms. The molecule has 2 aromatic carbocycles. The molecule has 7 heteroatoms. The molecule has 3 rings (SSSR count).